The molecule has 1 aliphatic carbocycles. The van der Waals surface area contributed by atoms with Crippen molar-refractivity contribution in [1.82, 2.24) is 14.8 Å². The van der Waals surface area contributed by atoms with E-state index >= 15 is 0 Å². The molecular weight excluding hydrogens is 541 g/mol. The zero-order valence-electron chi connectivity index (χ0n) is 22.0. The number of alkyl halides is 3. The molecule has 4 aliphatic rings. The number of rotatable bonds is 4. The zero-order valence-corrected chi connectivity index (χ0v) is 22.0. The standard InChI is InChI=1S/C29H25F3N4O5/c1-16-9-25(29(30,31)32)33-35(16)13-26(37)36-28(19-6-8-22-24(12-19)41-15-39-22)20-4-2-3-18(27(20)34-36)10-17-5-7-21-23(11-17)40-14-38-21/h5-12,20,28H,2-4,13-15H2,1H3/b18-10+/t20-,28-/m0/s1. The molecule has 1 fully saturated rings. The Morgan fingerprint density at radius 1 is 1.00 bits per heavy atom. The third-order valence-corrected chi connectivity index (χ3v) is 7.79. The van der Waals surface area contributed by atoms with Crippen LogP contribution in [0.25, 0.3) is 6.08 Å². The molecule has 3 aliphatic heterocycles. The summed E-state index contributed by atoms with van der Waals surface area (Å²) < 4.78 is 62.9. The summed E-state index contributed by atoms with van der Waals surface area (Å²) in [4.78, 5) is 13.8. The Hall–Kier alpha value is -4.48. The lowest BCUT2D eigenvalue weighted by Gasteiger charge is -2.29. The summed E-state index contributed by atoms with van der Waals surface area (Å²) in [7, 11) is 0. The molecule has 2 aromatic carbocycles. The monoisotopic (exact) mass is 566 g/mol. The number of aryl methyl sites for hydroxylation is 1. The molecule has 0 bridgehead atoms. The van der Waals surface area contributed by atoms with Gasteiger partial charge in [-0.25, -0.2) is 5.01 Å². The van der Waals surface area contributed by atoms with Crippen molar-refractivity contribution in [2.45, 2.75) is 44.9 Å². The van der Waals surface area contributed by atoms with E-state index in [-0.39, 0.29) is 31.7 Å². The van der Waals surface area contributed by atoms with Gasteiger partial charge in [0, 0.05) is 11.6 Å². The van der Waals surface area contributed by atoms with Gasteiger partial charge in [0.1, 0.15) is 6.54 Å². The fourth-order valence-electron chi connectivity index (χ4n) is 5.85. The molecule has 3 aromatic rings. The van der Waals surface area contributed by atoms with Crippen LogP contribution in [0.4, 0.5) is 13.2 Å². The first kappa shape index (κ1) is 25.5. The molecule has 9 nitrogen and oxygen atoms in total. The Morgan fingerprint density at radius 2 is 1.71 bits per heavy atom. The first-order chi connectivity index (χ1) is 19.7. The molecule has 4 heterocycles. The summed E-state index contributed by atoms with van der Waals surface area (Å²) in [6.45, 7) is 1.40. The molecule has 0 spiro atoms. The van der Waals surface area contributed by atoms with Crippen molar-refractivity contribution < 1.29 is 36.9 Å². The number of benzene rings is 2. The minimum atomic E-state index is -4.61. The van der Waals surface area contributed by atoms with E-state index in [1.54, 1.807) is 6.07 Å². The van der Waals surface area contributed by atoms with Gasteiger partial charge >= 0.3 is 6.18 Å². The molecule has 0 unspecified atom stereocenters. The molecule has 2 atom stereocenters. The van der Waals surface area contributed by atoms with Crippen LogP contribution in [-0.4, -0.2) is 40.0 Å². The third kappa shape index (κ3) is 4.56. The highest BCUT2D eigenvalue weighted by Gasteiger charge is 2.44. The molecule has 1 saturated carbocycles. The summed E-state index contributed by atoms with van der Waals surface area (Å²) in [5.74, 6) is 1.98. The van der Waals surface area contributed by atoms with Gasteiger partial charge < -0.3 is 18.9 Å². The van der Waals surface area contributed by atoms with E-state index in [0.717, 1.165) is 52.4 Å². The SMILES string of the molecule is Cc1cc(C(F)(F)F)nn1CC(=O)N1N=C2/C(=C/c3ccc4c(c3)OCO4)CCC[C@@H]2[C@@H]1c1ccc2c(c1)OCO2. The number of nitrogens with zero attached hydrogens (tertiary/aromatic N) is 4. The number of allylic oxidation sites excluding steroid dienone is 1. The molecule has 7 rings (SSSR count). The first-order valence-electron chi connectivity index (χ1n) is 13.3. The summed E-state index contributed by atoms with van der Waals surface area (Å²) in [6, 6.07) is 11.7. The number of hydrazone groups is 1. The zero-order chi connectivity index (χ0) is 28.3. The molecule has 212 valence electrons. The maximum Gasteiger partial charge on any atom is 0.435 e. The van der Waals surface area contributed by atoms with E-state index in [9.17, 15) is 18.0 Å². The topological polar surface area (TPSA) is 87.4 Å². The number of hydrogen-bond acceptors (Lipinski definition) is 7. The fraction of sp³-hybridized carbons (Fsp3) is 0.345. The minimum absolute atomic E-state index is 0.111. The van der Waals surface area contributed by atoms with Crippen LogP contribution >= 0.6 is 0 Å². The number of halogens is 3. The van der Waals surface area contributed by atoms with Crippen molar-refractivity contribution in [3.8, 4) is 23.0 Å². The van der Waals surface area contributed by atoms with Crippen molar-refractivity contribution in [2.24, 2.45) is 11.0 Å². The van der Waals surface area contributed by atoms with Crippen molar-refractivity contribution in [2.75, 3.05) is 13.6 Å². The summed E-state index contributed by atoms with van der Waals surface area (Å²) in [5, 5.41) is 9.89. The highest BCUT2D eigenvalue weighted by molar-refractivity contribution is 6.08. The van der Waals surface area contributed by atoms with E-state index < -0.39 is 23.8 Å². The molecule has 0 N–H and O–H groups in total. The highest BCUT2D eigenvalue weighted by atomic mass is 19.4. The number of fused-ring (bicyclic) bond motifs is 3. The third-order valence-electron chi connectivity index (χ3n) is 7.79. The smallest absolute Gasteiger partial charge is 0.435 e. The number of ether oxygens (including phenoxy) is 4. The molecular formula is C29H25F3N4O5. The van der Waals surface area contributed by atoms with E-state index in [1.807, 2.05) is 36.4 Å². The molecule has 0 radical (unpaired) electrons. The van der Waals surface area contributed by atoms with Gasteiger partial charge in [0.05, 0.1) is 11.8 Å². The number of hydrogen-bond donors (Lipinski definition) is 0. The predicted molar refractivity (Wildman–Crippen MR) is 139 cm³/mol. The van der Waals surface area contributed by atoms with Gasteiger partial charge in [0.25, 0.3) is 5.91 Å². The Labute approximate surface area is 232 Å². The second-order valence-corrected chi connectivity index (χ2v) is 10.4. The van der Waals surface area contributed by atoms with Gasteiger partial charge in [-0.2, -0.15) is 23.4 Å². The minimum Gasteiger partial charge on any atom is -0.454 e. The summed E-state index contributed by atoms with van der Waals surface area (Å²) in [5.41, 5.74) is 2.71. The molecule has 0 saturated heterocycles. The van der Waals surface area contributed by atoms with Crippen LogP contribution in [0, 0.1) is 12.8 Å². The van der Waals surface area contributed by atoms with E-state index in [0.29, 0.717) is 23.0 Å². The van der Waals surface area contributed by atoms with Crippen molar-refractivity contribution in [3.05, 3.63) is 70.6 Å². The van der Waals surface area contributed by atoms with E-state index in [1.165, 1.54) is 11.9 Å². The Kier molecular flexibility index (Phi) is 5.95. The van der Waals surface area contributed by atoms with Crippen LogP contribution in [0.3, 0.4) is 0 Å². The summed E-state index contributed by atoms with van der Waals surface area (Å²) >= 11 is 0. The van der Waals surface area contributed by atoms with Crippen molar-refractivity contribution in [3.63, 3.8) is 0 Å². The van der Waals surface area contributed by atoms with E-state index in [2.05, 4.69) is 5.10 Å². The van der Waals surface area contributed by atoms with Gasteiger partial charge in [-0.3, -0.25) is 9.48 Å². The van der Waals surface area contributed by atoms with Crippen molar-refractivity contribution >= 4 is 17.7 Å². The van der Waals surface area contributed by atoms with Gasteiger partial charge in [0.2, 0.25) is 13.6 Å². The van der Waals surface area contributed by atoms with Gasteiger partial charge in [0.15, 0.2) is 28.7 Å². The average molecular weight is 567 g/mol. The van der Waals surface area contributed by atoms with Crippen LogP contribution < -0.4 is 18.9 Å². The average Bonchev–Trinajstić information content (AvgIpc) is 3.73. The predicted octanol–water partition coefficient (Wildman–Crippen LogP) is 5.49. The number of carbonyl (C=O) groups is 1. The van der Waals surface area contributed by atoms with Crippen LogP contribution in [0.2, 0.25) is 0 Å². The number of amides is 1. The van der Waals surface area contributed by atoms with Crippen molar-refractivity contribution in [1.29, 1.82) is 0 Å². The Morgan fingerprint density at radius 3 is 2.44 bits per heavy atom. The first-order valence-corrected chi connectivity index (χ1v) is 13.3. The molecule has 12 heteroatoms. The normalized spacial score (nSPS) is 21.8. The quantitative estimate of drug-likeness (QED) is 0.415. The second kappa shape index (κ2) is 9.57. The van der Waals surface area contributed by atoms with Crippen LogP contribution in [-0.2, 0) is 17.5 Å². The van der Waals surface area contributed by atoms with Gasteiger partial charge in [-0.15, -0.1) is 0 Å². The number of carbonyl (C=O) groups excluding carboxylic acids is 1. The Bertz CT molecular complexity index is 1610. The lowest BCUT2D eigenvalue weighted by atomic mass is 9.77. The summed E-state index contributed by atoms with van der Waals surface area (Å²) in [6.07, 6.45) is -0.112. The number of aromatic nitrogens is 2. The molecule has 1 amide bonds. The van der Waals surface area contributed by atoms with Gasteiger partial charge in [-0.05, 0) is 79.3 Å². The lowest BCUT2D eigenvalue weighted by Crippen LogP contribution is -2.34. The lowest BCUT2D eigenvalue weighted by molar-refractivity contribution is -0.142. The van der Waals surface area contributed by atoms with Crippen LogP contribution in [0.15, 0.2) is 53.1 Å². The largest absolute Gasteiger partial charge is 0.454 e. The second-order valence-electron chi connectivity index (χ2n) is 10.4. The maximum atomic E-state index is 13.8. The molecule has 1 aromatic heterocycles. The molecule has 41 heavy (non-hydrogen) atoms. The Balaban J connectivity index is 1.25. The van der Waals surface area contributed by atoms with Crippen LogP contribution in [0.1, 0.15) is 47.8 Å². The highest BCUT2D eigenvalue weighted by Crippen LogP contribution is 2.47. The maximum absolute atomic E-state index is 13.8. The fourth-order valence-corrected chi connectivity index (χ4v) is 5.85. The van der Waals surface area contributed by atoms with Crippen LogP contribution in [0.5, 0.6) is 23.0 Å². The van der Waals surface area contributed by atoms with E-state index in [4.69, 9.17) is 24.0 Å². The van der Waals surface area contributed by atoms with Gasteiger partial charge in [-0.1, -0.05) is 12.1 Å².